The van der Waals surface area contributed by atoms with E-state index in [0.717, 1.165) is 12.1 Å². The molecule has 110 valence electrons. The normalized spacial score (nSPS) is 19.1. The van der Waals surface area contributed by atoms with Crippen LogP contribution < -0.4 is 10.6 Å². The molecule has 1 atom stereocenters. The van der Waals surface area contributed by atoms with Crippen LogP contribution in [0.1, 0.15) is 12.8 Å². The smallest absolute Gasteiger partial charge is 0.242 e. The highest BCUT2D eigenvalue weighted by Gasteiger charge is 2.20. The lowest BCUT2D eigenvalue weighted by Gasteiger charge is -2.14. The minimum atomic E-state index is -3.38. The van der Waals surface area contributed by atoms with Crippen molar-refractivity contribution in [3.05, 3.63) is 24.3 Å². The third-order valence-electron chi connectivity index (χ3n) is 3.27. The highest BCUT2D eigenvalue weighted by Crippen LogP contribution is 2.17. The molecule has 20 heavy (non-hydrogen) atoms. The monoisotopic (exact) mass is 297 g/mol. The van der Waals surface area contributed by atoms with Crippen LogP contribution >= 0.6 is 0 Å². The first-order valence-corrected chi connectivity index (χ1v) is 7.89. The Labute approximate surface area is 119 Å². The molecule has 2 rings (SSSR count). The minimum absolute atomic E-state index is 0.0872. The average Bonchev–Trinajstić information content (AvgIpc) is 2.82. The largest absolute Gasteiger partial charge is 0.383 e. The van der Waals surface area contributed by atoms with Crippen LogP contribution in [-0.4, -0.2) is 45.3 Å². The van der Waals surface area contributed by atoms with Crippen molar-refractivity contribution in [3.8, 4) is 0 Å². The highest BCUT2D eigenvalue weighted by atomic mass is 32.2. The fourth-order valence-electron chi connectivity index (χ4n) is 2.03. The van der Waals surface area contributed by atoms with Gasteiger partial charge < -0.3 is 10.6 Å². The first-order valence-electron chi connectivity index (χ1n) is 6.45. The zero-order valence-corrected chi connectivity index (χ0v) is 12.4. The lowest BCUT2D eigenvalue weighted by molar-refractivity contribution is -0.119. The Morgan fingerprint density at radius 3 is 2.45 bits per heavy atom. The molecule has 1 amide bonds. The second kappa shape index (κ2) is 5.80. The van der Waals surface area contributed by atoms with Gasteiger partial charge in [0.2, 0.25) is 15.9 Å². The summed E-state index contributed by atoms with van der Waals surface area (Å²) in [6, 6.07) is 6.75. The Morgan fingerprint density at radius 1 is 1.30 bits per heavy atom. The molecule has 0 bridgehead atoms. The van der Waals surface area contributed by atoms with Crippen molar-refractivity contribution in [2.24, 2.45) is 0 Å². The van der Waals surface area contributed by atoms with Crippen molar-refractivity contribution in [2.45, 2.75) is 23.8 Å². The van der Waals surface area contributed by atoms with E-state index in [1.165, 1.54) is 18.4 Å². The first-order chi connectivity index (χ1) is 9.39. The van der Waals surface area contributed by atoms with E-state index in [-0.39, 0.29) is 16.8 Å². The molecule has 1 heterocycles. The maximum absolute atomic E-state index is 11.9. The van der Waals surface area contributed by atoms with E-state index in [4.69, 9.17) is 0 Å². The Balaban J connectivity index is 1.97. The molecule has 0 radical (unpaired) electrons. The average molecular weight is 297 g/mol. The molecule has 0 aromatic heterocycles. The molecule has 0 saturated carbocycles. The van der Waals surface area contributed by atoms with Gasteiger partial charge in [0.1, 0.15) is 0 Å². The third-order valence-corrected chi connectivity index (χ3v) is 5.10. The number of benzene rings is 1. The van der Waals surface area contributed by atoms with Crippen molar-refractivity contribution in [2.75, 3.05) is 26.0 Å². The molecule has 1 fully saturated rings. The lowest BCUT2D eigenvalue weighted by atomic mass is 10.2. The summed E-state index contributed by atoms with van der Waals surface area (Å²) in [5.74, 6) is 0.0872. The molecule has 2 N–H and O–H groups in total. The van der Waals surface area contributed by atoms with E-state index in [1.54, 1.807) is 24.3 Å². The molecule has 1 aliphatic heterocycles. The molecule has 1 saturated heterocycles. The van der Waals surface area contributed by atoms with Crippen molar-refractivity contribution in [1.82, 2.24) is 9.62 Å². The summed E-state index contributed by atoms with van der Waals surface area (Å²) in [6.45, 7) is 0.644. The molecule has 1 aliphatic rings. The summed E-state index contributed by atoms with van der Waals surface area (Å²) in [7, 11) is -0.375. The Bertz CT molecular complexity index is 581. The van der Waals surface area contributed by atoms with Gasteiger partial charge in [-0.3, -0.25) is 4.79 Å². The minimum Gasteiger partial charge on any atom is -0.383 e. The van der Waals surface area contributed by atoms with Gasteiger partial charge in [0.25, 0.3) is 0 Å². The number of nitrogens with zero attached hydrogens (tertiary/aromatic N) is 1. The Morgan fingerprint density at radius 2 is 1.95 bits per heavy atom. The van der Waals surface area contributed by atoms with Crippen LogP contribution in [0.25, 0.3) is 0 Å². The molecule has 1 aromatic rings. The van der Waals surface area contributed by atoms with E-state index >= 15 is 0 Å². The summed E-state index contributed by atoms with van der Waals surface area (Å²) in [6.07, 6.45) is 1.41. The van der Waals surface area contributed by atoms with Gasteiger partial charge in [-0.1, -0.05) is 0 Å². The van der Waals surface area contributed by atoms with Crippen LogP contribution in [0.2, 0.25) is 0 Å². The Hall–Kier alpha value is -1.60. The summed E-state index contributed by atoms with van der Waals surface area (Å²) < 4.78 is 25.0. The topological polar surface area (TPSA) is 78.5 Å². The molecule has 7 heteroatoms. The summed E-state index contributed by atoms with van der Waals surface area (Å²) in [5.41, 5.74) is 0.837. The van der Waals surface area contributed by atoms with Gasteiger partial charge in [-0.25, -0.2) is 12.7 Å². The maximum Gasteiger partial charge on any atom is 0.242 e. The van der Waals surface area contributed by atoms with E-state index in [9.17, 15) is 13.2 Å². The number of hydrogen-bond donors (Lipinski definition) is 2. The predicted octanol–water partition coefficient (Wildman–Crippen LogP) is 0.627. The summed E-state index contributed by atoms with van der Waals surface area (Å²) in [5, 5.41) is 6.06. The fourth-order valence-corrected chi connectivity index (χ4v) is 2.93. The van der Waals surface area contributed by atoms with Crippen molar-refractivity contribution in [3.63, 3.8) is 0 Å². The van der Waals surface area contributed by atoms with Gasteiger partial charge in [0.05, 0.1) is 4.90 Å². The molecule has 6 nitrogen and oxygen atoms in total. The number of rotatable bonds is 5. The quantitative estimate of drug-likeness (QED) is 0.835. The second-order valence-corrected chi connectivity index (χ2v) is 7.15. The van der Waals surface area contributed by atoms with Gasteiger partial charge in [-0.2, -0.15) is 0 Å². The van der Waals surface area contributed by atoms with Crippen molar-refractivity contribution >= 4 is 21.6 Å². The number of sulfonamides is 1. The number of carbonyl (C=O) groups is 1. The number of hydrogen-bond acceptors (Lipinski definition) is 4. The number of carbonyl (C=O) groups excluding carboxylic acids is 1. The van der Waals surface area contributed by atoms with E-state index in [0.29, 0.717) is 13.0 Å². The second-order valence-electron chi connectivity index (χ2n) is 5.00. The van der Waals surface area contributed by atoms with Crippen molar-refractivity contribution in [1.29, 1.82) is 0 Å². The van der Waals surface area contributed by atoms with E-state index < -0.39 is 10.0 Å². The lowest BCUT2D eigenvalue weighted by Crippen LogP contribution is -2.31. The highest BCUT2D eigenvalue weighted by molar-refractivity contribution is 7.89. The van der Waals surface area contributed by atoms with Crippen molar-refractivity contribution < 1.29 is 13.2 Å². The predicted molar refractivity (Wildman–Crippen MR) is 77.0 cm³/mol. The van der Waals surface area contributed by atoms with E-state index in [1.807, 2.05) is 0 Å². The number of nitrogens with one attached hydrogen (secondary N) is 2. The van der Waals surface area contributed by atoms with Gasteiger partial charge >= 0.3 is 0 Å². The molecule has 1 unspecified atom stereocenters. The zero-order valence-electron chi connectivity index (χ0n) is 11.6. The summed E-state index contributed by atoms with van der Waals surface area (Å²) in [4.78, 5) is 11.3. The fraction of sp³-hybridized carbons (Fsp3) is 0.462. The van der Waals surface area contributed by atoms with Gasteiger partial charge in [0.15, 0.2) is 0 Å². The summed E-state index contributed by atoms with van der Waals surface area (Å²) >= 11 is 0. The van der Waals surface area contributed by atoms with Crippen LogP contribution in [0, 0.1) is 0 Å². The van der Waals surface area contributed by atoms with Crippen LogP contribution in [0.4, 0.5) is 5.69 Å². The Kier molecular flexibility index (Phi) is 4.29. The molecule has 0 spiro atoms. The van der Waals surface area contributed by atoms with Gasteiger partial charge in [-0.05, 0) is 30.7 Å². The van der Waals surface area contributed by atoms with Crippen LogP contribution in [0.15, 0.2) is 29.2 Å². The molecular formula is C13H19N3O3S. The number of amides is 1. The zero-order chi connectivity index (χ0) is 14.8. The standard InChI is InChI=1S/C13H19N3O3S/c1-16(2)20(18,19)12-6-3-10(4-7-12)14-9-11-5-8-13(17)15-11/h3-4,6-7,11,14H,5,8-9H2,1-2H3,(H,15,17). The van der Waals surface area contributed by atoms with Crippen LogP contribution in [0.5, 0.6) is 0 Å². The van der Waals surface area contributed by atoms with Gasteiger partial charge in [0, 0.05) is 38.8 Å². The van der Waals surface area contributed by atoms with Crippen LogP contribution in [-0.2, 0) is 14.8 Å². The first kappa shape index (κ1) is 14.8. The SMILES string of the molecule is CN(C)S(=O)(=O)c1ccc(NCC2CCC(=O)N2)cc1. The maximum atomic E-state index is 11.9. The van der Waals surface area contributed by atoms with Gasteiger partial charge in [-0.15, -0.1) is 0 Å². The van der Waals surface area contributed by atoms with Crippen LogP contribution in [0.3, 0.4) is 0 Å². The molecule has 0 aliphatic carbocycles. The molecular weight excluding hydrogens is 278 g/mol. The number of anilines is 1. The van der Waals surface area contributed by atoms with E-state index in [2.05, 4.69) is 10.6 Å². The third kappa shape index (κ3) is 3.29. The molecule has 1 aromatic carbocycles.